The molecule has 6 rings (SSSR count). The first-order valence-electron chi connectivity index (χ1n) is 14.7. The second-order valence-corrected chi connectivity index (χ2v) is 13.4. The summed E-state index contributed by atoms with van der Waals surface area (Å²) in [6, 6.07) is -0.380. The highest BCUT2D eigenvalue weighted by molar-refractivity contribution is 5.61. The van der Waals surface area contributed by atoms with Gasteiger partial charge in [-0.1, -0.05) is 31.4 Å². The maximum absolute atomic E-state index is 12.3. The van der Waals surface area contributed by atoms with Crippen molar-refractivity contribution in [3.63, 3.8) is 0 Å². The molecule has 13 unspecified atom stereocenters. The minimum Gasteiger partial charge on any atom is -0.396 e. The smallest absolute Gasteiger partial charge is 0.137 e. The molecule has 0 bridgehead atoms. The predicted molar refractivity (Wildman–Crippen MR) is 134 cm³/mol. The van der Waals surface area contributed by atoms with Crippen LogP contribution in [0.2, 0.25) is 0 Å². The van der Waals surface area contributed by atoms with Gasteiger partial charge in [0, 0.05) is 12.0 Å². The summed E-state index contributed by atoms with van der Waals surface area (Å²) < 4.78 is 0. The lowest BCUT2D eigenvalue weighted by Crippen LogP contribution is -2.45. The van der Waals surface area contributed by atoms with Crippen LogP contribution < -0.4 is 5.73 Å². The van der Waals surface area contributed by atoms with Crippen molar-refractivity contribution in [3.05, 3.63) is 12.2 Å². The van der Waals surface area contributed by atoms with E-state index in [1.807, 2.05) is 0 Å². The van der Waals surface area contributed by atoms with Gasteiger partial charge in [-0.15, -0.1) is 0 Å². The summed E-state index contributed by atoms with van der Waals surface area (Å²) in [7, 11) is 0. The number of aliphatic hydroxyl groups is 2. The van der Waals surface area contributed by atoms with Gasteiger partial charge in [0.15, 0.2) is 0 Å². The number of allylic oxidation sites excluding steroid dienone is 1. The summed E-state index contributed by atoms with van der Waals surface area (Å²) >= 11 is 0. The van der Waals surface area contributed by atoms with E-state index in [4.69, 9.17) is 5.73 Å². The van der Waals surface area contributed by atoms with Crippen molar-refractivity contribution in [1.29, 1.82) is 0 Å². The number of fused-ring (bicyclic) bond motifs is 7. The fourth-order valence-corrected chi connectivity index (χ4v) is 11.4. The van der Waals surface area contributed by atoms with E-state index in [9.17, 15) is 15.0 Å². The zero-order valence-corrected chi connectivity index (χ0v) is 21.0. The van der Waals surface area contributed by atoms with E-state index in [2.05, 4.69) is 6.58 Å². The van der Waals surface area contributed by atoms with Gasteiger partial charge < -0.3 is 20.7 Å². The molecule has 0 aromatic rings. The van der Waals surface area contributed by atoms with Gasteiger partial charge in [-0.3, -0.25) is 0 Å². The van der Waals surface area contributed by atoms with Gasteiger partial charge in [0.05, 0.1) is 12.1 Å². The molecule has 4 N–H and O–H groups in total. The Labute approximate surface area is 206 Å². The largest absolute Gasteiger partial charge is 0.396 e. The number of carbonyl (C=O) groups excluding carboxylic acids is 1. The molecule has 6 saturated carbocycles. The molecule has 34 heavy (non-hydrogen) atoms. The van der Waals surface area contributed by atoms with E-state index in [-0.39, 0.29) is 24.0 Å². The third-order valence-electron chi connectivity index (χ3n) is 12.5. The second-order valence-electron chi connectivity index (χ2n) is 13.4. The zero-order valence-electron chi connectivity index (χ0n) is 21.0. The Morgan fingerprint density at radius 3 is 2.65 bits per heavy atom. The number of aldehydes is 1. The van der Waals surface area contributed by atoms with Crippen molar-refractivity contribution >= 4 is 6.29 Å². The summed E-state index contributed by atoms with van der Waals surface area (Å²) in [5, 5.41) is 20.1. The molecule has 6 aliphatic carbocycles. The molecule has 0 saturated heterocycles. The van der Waals surface area contributed by atoms with Gasteiger partial charge in [-0.25, -0.2) is 0 Å². The number of hydrogen-bond acceptors (Lipinski definition) is 4. The number of nitrogens with two attached hydrogens (primary N) is 1. The Kier molecular flexibility index (Phi) is 6.26. The first kappa shape index (κ1) is 23.7. The van der Waals surface area contributed by atoms with Crippen molar-refractivity contribution in [2.24, 2.45) is 70.3 Å². The molecule has 0 heterocycles. The minimum atomic E-state index is -0.429. The highest BCUT2D eigenvalue weighted by Gasteiger charge is 2.75. The zero-order chi connectivity index (χ0) is 23.6. The topological polar surface area (TPSA) is 83.6 Å². The molecule has 6 fully saturated rings. The summed E-state index contributed by atoms with van der Waals surface area (Å²) in [6.45, 7) is 4.68. The lowest BCUT2D eigenvalue weighted by atomic mass is 9.63. The monoisotopic (exact) mass is 469 g/mol. The molecular formula is C30H47NO3. The Balaban J connectivity index is 1.32. The van der Waals surface area contributed by atoms with Crippen LogP contribution in [0.15, 0.2) is 12.2 Å². The number of carbonyl (C=O) groups is 1. The summed E-state index contributed by atoms with van der Waals surface area (Å²) in [5.74, 6) is 6.73. The maximum Gasteiger partial charge on any atom is 0.137 e. The van der Waals surface area contributed by atoms with Gasteiger partial charge in [0.2, 0.25) is 0 Å². The van der Waals surface area contributed by atoms with E-state index in [1.54, 1.807) is 0 Å². The highest BCUT2D eigenvalue weighted by atomic mass is 16.3. The first-order chi connectivity index (χ1) is 16.5. The van der Waals surface area contributed by atoms with Crippen LogP contribution in [-0.4, -0.2) is 35.3 Å². The van der Waals surface area contributed by atoms with Crippen LogP contribution in [0.4, 0.5) is 0 Å². The lowest BCUT2D eigenvalue weighted by Gasteiger charge is -2.42. The maximum atomic E-state index is 12.3. The molecular weight excluding hydrogens is 422 g/mol. The average Bonchev–Trinajstić information content (AvgIpc) is 3.13. The highest BCUT2D eigenvalue weighted by Crippen LogP contribution is 2.78. The van der Waals surface area contributed by atoms with Crippen molar-refractivity contribution in [2.45, 2.75) is 95.6 Å². The van der Waals surface area contributed by atoms with Crippen LogP contribution in [0, 0.1) is 64.6 Å². The summed E-state index contributed by atoms with van der Waals surface area (Å²) in [6.07, 6.45) is 16.2. The Bertz CT molecular complexity index is 798. The van der Waals surface area contributed by atoms with Crippen LogP contribution in [0.5, 0.6) is 0 Å². The molecule has 13 atom stereocenters. The Morgan fingerprint density at radius 1 is 1.03 bits per heavy atom. The van der Waals surface area contributed by atoms with E-state index >= 15 is 0 Å². The average molecular weight is 470 g/mol. The molecule has 0 spiro atoms. The molecule has 0 aromatic carbocycles. The number of aliphatic hydroxyl groups excluding tert-OH is 2. The fraction of sp³-hybridized carbons (Fsp3) is 0.900. The van der Waals surface area contributed by atoms with Crippen LogP contribution >= 0.6 is 0 Å². The number of hydrogen-bond donors (Lipinski definition) is 3. The third kappa shape index (κ3) is 3.37. The van der Waals surface area contributed by atoms with Crippen LogP contribution in [-0.2, 0) is 4.79 Å². The van der Waals surface area contributed by atoms with Crippen molar-refractivity contribution < 1.29 is 15.0 Å². The Hall–Kier alpha value is -0.710. The van der Waals surface area contributed by atoms with Gasteiger partial charge in [0.1, 0.15) is 6.29 Å². The molecule has 190 valence electrons. The van der Waals surface area contributed by atoms with E-state index in [1.165, 1.54) is 44.1 Å². The van der Waals surface area contributed by atoms with Crippen molar-refractivity contribution in [3.8, 4) is 0 Å². The molecule has 4 heteroatoms. The van der Waals surface area contributed by atoms with E-state index < -0.39 is 6.10 Å². The third-order valence-corrected chi connectivity index (χ3v) is 12.5. The van der Waals surface area contributed by atoms with Gasteiger partial charge in [0.25, 0.3) is 0 Å². The standard InChI is InChI=1S/C30H47NO3/c1-17-8-11-25-29(28-22-10-9-18-4-3-7-21(18)24(22)15-23(17)28)30(25,27(31)16-33)20-6-2-5-19(14-20)26(34)12-13-32/h16,18-29,32,34H,1-15,31H2. The quantitative estimate of drug-likeness (QED) is 0.388. The van der Waals surface area contributed by atoms with Gasteiger partial charge in [-0.2, -0.15) is 0 Å². The molecule has 0 aliphatic heterocycles. The minimum absolute atomic E-state index is 0.0453. The SMILES string of the molecule is C=C1CCC2C(C3C1CC1C4CCCC4CCC13)C2(C(N)C=O)C1CCCC(C(O)CCO)C1. The number of rotatable bonds is 6. The van der Waals surface area contributed by atoms with Crippen LogP contribution in [0.1, 0.15) is 83.5 Å². The van der Waals surface area contributed by atoms with E-state index in [0.29, 0.717) is 36.0 Å². The van der Waals surface area contributed by atoms with E-state index in [0.717, 1.165) is 68.5 Å². The van der Waals surface area contributed by atoms with Crippen LogP contribution in [0.3, 0.4) is 0 Å². The summed E-state index contributed by atoms with van der Waals surface area (Å²) in [5.41, 5.74) is 8.26. The first-order valence-corrected chi connectivity index (χ1v) is 14.7. The Morgan fingerprint density at radius 2 is 1.85 bits per heavy atom. The fourth-order valence-electron chi connectivity index (χ4n) is 11.4. The second kappa shape index (κ2) is 8.99. The van der Waals surface area contributed by atoms with Gasteiger partial charge in [-0.05, 0) is 123 Å². The lowest BCUT2D eigenvalue weighted by molar-refractivity contribution is -0.111. The van der Waals surface area contributed by atoms with Crippen LogP contribution in [0.25, 0.3) is 0 Å². The molecule has 0 radical (unpaired) electrons. The van der Waals surface area contributed by atoms with Crippen molar-refractivity contribution in [1.82, 2.24) is 0 Å². The molecule has 4 nitrogen and oxygen atoms in total. The van der Waals surface area contributed by atoms with Gasteiger partial charge >= 0.3 is 0 Å². The predicted octanol–water partition coefficient (Wildman–Crippen LogP) is 4.72. The summed E-state index contributed by atoms with van der Waals surface area (Å²) in [4.78, 5) is 12.3. The normalized spacial score (nSPS) is 51.4. The molecule has 0 amide bonds. The molecule has 6 aliphatic rings. The van der Waals surface area contributed by atoms with Crippen molar-refractivity contribution in [2.75, 3.05) is 6.61 Å². The molecule has 0 aromatic heterocycles.